The topological polar surface area (TPSA) is 117 Å². The van der Waals surface area contributed by atoms with Crippen LogP contribution in [0.5, 0.6) is 11.5 Å². The fourth-order valence-electron chi connectivity index (χ4n) is 3.77. The van der Waals surface area contributed by atoms with Gasteiger partial charge in [-0.15, -0.1) is 0 Å². The molecular weight excluding hydrogens is 490 g/mol. The minimum atomic E-state index is -0.732. The van der Waals surface area contributed by atoms with Crippen LogP contribution in [-0.4, -0.2) is 50.2 Å². The van der Waals surface area contributed by atoms with Crippen molar-refractivity contribution in [1.29, 1.82) is 0 Å². The predicted molar refractivity (Wildman–Crippen MR) is 144 cm³/mol. The highest BCUT2D eigenvalue weighted by molar-refractivity contribution is 5.79. The summed E-state index contributed by atoms with van der Waals surface area (Å²) >= 11 is 0. The van der Waals surface area contributed by atoms with E-state index in [1.54, 1.807) is 32.0 Å². The molecule has 1 aromatic rings. The molecule has 0 heterocycles. The highest BCUT2D eigenvalue weighted by atomic mass is 16.6. The Morgan fingerprint density at radius 1 is 0.842 bits per heavy atom. The predicted octanol–water partition coefficient (Wildman–Crippen LogP) is 4.63. The maximum Gasteiger partial charge on any atom is 0.323 e. The Hall–Kier alpha value is -2.94. The lowest BCUT2D eigenvalue weighted by Crippen LogP contribution is -2.41. The van der Waals surface area contributed by atoms with Gasteiger partial charge in [-0.05, 0) is 42.9 Å². The van der Waals surface area contributed by atoms with Crippen LogP contribution in [0.4, 0.5) is 0 Å². The van der Waals surface area contributed by atoms with E-state index in [4.69, 9.17) is 18.9 Å². The zero-order valence-corrected chi connectivity index (χ0v) is 24.0. The van der Waals surface area contributed by atoms with E-state index >= 15 is 0 Å². The molecule has 38 heavy (non-hydrogen) atoms. The number of hydrogen-bond acceptors (Lipinski definition) is 9. The standard InChI is InChI=1S/C29H45NO8/c1-8-10-20(5)27(32)37-24-13-12-22(18-25(24)38-28(33)21(6)11-9-2)17-23(29(34)35-7)30-14-15-36-26(31)16-19(3)4/h12-13,18-21,23,30H,8-11,14-17H2,1-7H3/t20?,21?,23-/m0/s1. The molecule has 0 amide bonds. The van der Waals surface area contributed by atoms with E-state index in [0.29, 0.717) is 24.8 Å². The zero-order chi connectivity index (χ0) is 28.7. The molecule has 0 spiro atoms. The molecule has 0 saturated heterocycles. The first kappa shape index (κ1) is 33.1. The first-order valence-corrected chi connectivity index (χ1v) is 13.5. The maximum absolute atomic E-state index is 12.7. The Morgan fingerprint density at radius 3 is 1.95 bits per heavy atom. The molecule has 0 fully saturated rings. The summed E-state index contributed by atoms with van der Waals surface area (Å²) in [6, 6.07) is 4.15. The van der Waals surface area contributed by atoms with E-state index in [9.17, 15) is 19.2 Å². The lowest BCUT2D eigenvalue weighted by atomic mass is 10.0. The number of carbonyl (C=O) groups excluding carboxylic acids is 4. The molecule has 1 N–H and O–H groups in total. The molecule has 214 valence electrons. The second kappa shape index (κ2) is 17.5. The molecule has 1 aromatic carbocycles. The normalized spacial score (nSPS) is 13.4. The molecular formula is C29H45NO8. The number of ether oxygens (including phenoxy) is 4. The third-order valence-corrected chi connectivity index (χ3v) is 5.93. The van der Waals surface area contributed by atoms with E-state index in [2.05, 4.69) is 5.32 Å². The zero-order valence-electron chi connectivity index (χ0n) is 24.0. The Morgan fingerprint density at radius 2 is 1.42 bits per heavy atom. The average Bonchev–Trinajstić information content (AvgIpc) is 2.86. The van der Waals surface area contributed by atoms with Crippen LogP contribution in [0.3, 0.4) is 0 Å². The Kier molecular flexibility index (Phi) is 15.3. The molecule has 0 aliphatic heterocycles. The molecule has 9 heteroatoms. The summed E-state index contributed by atoms with van der Waals surface area (Å²) in [6.07, 6.45) is 3.54. The number of methoxy groups -OCH3 is 1. The van der Waals surface area contributed by atoms with Gasteiger partial charge in [-0.1, -0.05) is 60.5 Å². The first-order chi connectivity index (χ1) is 18.0. The third-order valence-electron chi connectivity index (χ3n) is 5.93. The van der Waals surface area contributed by atoms with Gasteiger partial charge in [0, 0.05) is 13.0 Å². The monoisotopic (exact) mass is 535 g/mol. The highest BCUT2D eigenvalue weighted by Gasteiger charge is 2.24. The second-order valence-corrected chi connectivity index (χ2v) is 10.1. The second-order valence-electron chi connectivity index (χ2n) is 10.1. The number of esters is 4. The van der Waals surface area contributed by atoms with Crippen LogP contribution in [0.1, 0.15) is 79.2 Å². The van der Waals surface area contributed by atoms with Crippen molar-refractivity contribution < 1.29 is 38.1 Å². The molecule has 0 aromatic heterocycles. The van der Waals surface area contributed by atoms with Crippen LogP contribution < -0.4 is 14.8 Å². The maximum atomic E-state index is 12.7. The van der Waals surface area contributed by atoms with Gasteiger partial charge in [-0.25, -0.2) is 0 Å². The first-order valence-electron chi connectivity index (χ1n) is 13.5. The molecule has 2 unspecified atom stereocenters. The number of rotatable bonds is 17. The van der Waals surface area contributed by atoms with Crippen LogP contribution in [0.15, 0.2) is 18.2 Å². The van der Waals surface area contributed by atoms with Gasteiger partial charge < -0.3 is 24.3 Å². The summed E-state index contributed by atoms with van der Waals surface area (Å²) in [5.41, 5.74) is 0.664. The summed E-state index contributed by atoms with van der Waals surface area (Å²) in [4.78, 5) is 49.4. The quantitative estimate of drug-likeness (QED) is 0.173. The fraction of sp³-hybridized carbons (Fsp3) is 0.655. The lowest BCUT2D eigenvalue weighted by molar-refractivity contribution is -0.145. The van der Waals surface area contributed by atoms with Crippen molar-refractivity contribution in [2.24, 2.45) is 17.8 Å². The Balaban J connectivity index is 3.06. The van der Waals surface area contributed by atoms with Crippen LogP contribution >= 0.6 is 0 Å². The van der Waals surface area contributed by atoms with Crippen LogP contribution in [0.2, 0.25) is 0 Å². The van der Waals surface area contributed by atoms with Gasteiger partial charge in [-0.3, -0.25) is 19.2 Å². The van der Waals surface area contributed by atoms with Crippen LogP contribution in [0.25, 0.3) is 0 Å². The van der Waals surface area contributed by atoms with Gasteiger partial charge in [0.05, 0.1) is 18.9 Å². The van der Waals surface area contributed by atoms with E-state index in [0.717, 1.165) is 12.8 Å². The molecule has 3 atom stereocenters. The molecule has 0 saturated carbocycles. The largest absolute Gasteiger partial charge is 0.468 e. The molecule has 1 rings (SSSR count). The van der Waals surface area contributed by atoms with Crippen molar-refractivity contribution in [3.8, 4) is 11.5 Å². The van der Waals surface area contributed by atoms with Crippen molar-refractivity contribution in [1.82, 2.24) is 5.32 Å². The molecule has 0 radical (unpaired) electrons. The van der Waals surface area contributed by atoms with Gasteiger partial charge in [0.2, 0.25) is 0 Å². The van der Waals surface area contributed by atoms with Crippen molar-refractivity contribution in [3.63, 3.8) is 0 Å². The van der Waals surface area contributed by atoms with E-state index in [1.807, 2.05) is 27.7 Å². The minimum Gasteiger partial charge on any atom is -0.468 e. The highest BCUT2D eigenvalue weighted by Crippen LogP contribution is 2.31. The summed E-state index contributed by atoms with van der Waals surface area (Å²) < 4.78 is 21.4. The molecule has 0 aliphatic carbocycles. The number of nitrogens with one attached hydrogen (secondary N) is 1. The summed E-state index contributed by atoms with van der Waals surface area (Å²) in [7, 11) is 1.29. The van der Waals surface area contributed by atoms with E-state index in [1.165, 1.54) is 7.11 Å². The van der Waals surface area contributed by atoms with Crippen molar-refractivity contribution in [2.75, 3.05) is 20.3 Å². The Bertz CT molecular complexity index is 914. The summed E-state index contributed by atoms with van der Waals surface area (Å²) in [6.45, 7) is 11.8. The van der Waals surface area contributed by atoms with Gasteiger partial charge in [0.15, 0.2) is 11.5 Å². The fourth-order valence-corrected chi connectivity index (χ4v) is 3.77. The van der Waals surface area contributed by atoms with Crippen molar-refractivity contribution in [2.45, 2.75) is 86.1 Å². The minimum absolute atomic E-state index is 0.113. The number of benzene rings is 1. The van der Waals surface area contributed by atoms with E-state index in [-0.39, 0.29) is 54.8 Å². The number of carbonyl (C=O) groups is 4. The molecule has 9 nitrogen and oxygen atoms in total. The van der Waals surface area contributed by atoms with Gasteiger partial charge >= 0.3 is 23.9 Å². The average molecular weight is 536 g/mol. The molecule has 0 bridgehead atoms. The lowest BCUT2D eigenvalue weighted by Gasteiger charge is -2.19. The van der Waals surface area contributed by atoms with Crippen molar-refractivity contribution >= 4 is 23.9 Å². The SMILES string of the molecule is CCCC(C)C(=O)Oc1ccc(C[C@H](NCCOC(=O)CC(C)C)C(=O)OC)cc1OC(=O)C(C)CCC. The Labute approximate surface area is 226 Å². The van der Waals surface area contributed by atoms with Crippen LogP contribution in [0, 0.1) is 17.8 Å². The smallest absolute Gasteiger partial charge is 0.323 e. The van der Waals surface area contributed by atoms with Gasteiger partial charge in [0.1, 0.15) is 12.6 Å². The van der Waals surface area contributed by atoms with Crippen LogP contribution in [-0.2, 0) is 35.1 Å². The van der Waals surface area contributed by atoms with Crippen molar-refractivity contribution in [3.05, 3.63) is 23.8 Å². The third kappa shape index (κ3) is 12.1. The van der Waals surface area contributed by atoms with Gasteiger partial charge in [0.25, 0.3) is 0 Å². The summed E-state index contributed by atoms with van der Waals surface area (Å²) in [5.74, 6) is -1.76. The van der Waals surface area contributed by atoms with E-state index < -0.39 is 23.9 Å². The number of hydrogen-bond donors (Lipinski definition) is 1. The summed E-state index contributed by atoms with van der Waals surface area (Å²) in [5, 5.41) is 3.05. The molecule has 0 aliphatic rings. The van der Waals surface area contributed by atoms with Gasteiger partial charge in [-0.2, -0.15) is 0 Å².